The zero-order valence-corrected chi connectivity index (χ0v) is 11.2. The highest BCUT2D eigenvalue weighted by Crippen LogP contribution is 2.13. The van der Waals surface area contributed by atoms with Crippen LogP contribution in [0, 0.1) is 0 Å². The van der Waals surface area contributed by atoms with Crippen molar-refractivity contribution in [2.24, 2.45) is 0 Å². The molecule has 1 atom stereocenters. The van der Waals surface area contributed by atoms with E-state index in [0.29, 0.717) is 6.04 Å². The smallest absolute Gasteiger partial charge is 0.0480 e. The number of hydrogen-bond acceptors (Lipinski definition) is 3. The second-order valence-electron chi connectivity index (χ2n) is 5.01. The highest BCUT2D eigenvalue weighted by Gasteiger charge is 2.17. The molecular formula is C13H28N2O. The Bertz CT molecular complexity index is 169. The Hall–Kier alpha value is -0.120. The van der Waals surface area contributed by atoms with Crippen LogP contribution in [0.25, 0.3) is 0 Å². The maximum Gasteiger partial charge on any atom is 0.0480 e. The Balaban J connectivity index is 2.03. The minimum Gasteiger partial charge on any atom is -0.381 e. The van der Waals surface area contributed by atoms with Crippen LogP contribution in [0.3, 0.4) is 0 Å². The van der Waals surface area contributed by atoms with Crippen molar-refractivity contribution in [2.75, 3.05) is 33.9 Å². The van der Waals surface area contributed by atoms with Gasteiger partial charge in [0, 0.05) is 25.3 Å². The van der Waals surface area contributed by atoms with Gasteiger partial charge in [-0.2, -0.15) is 0 Å². The molecule has 1 N–H and O–H groups in total. The van der Waals surface area contributed by atoms with Crippen LogP contribution in [0.1, 0.15) is 39.0 Å². The van der Waals surface area contributed by atoms with Crippen molar-refractivity contribution in [1.82, 2.24) is 10.2 Å². The van der Waals surface area contributed by atoms with E-state index in [0.717, 1.165) is 19.3 Å². The van der Waals surface area contributed by atoms with Crippen LogP contribution in [-0.2, 0) is 4.74 Å². The molecule has 1 saturated heterocycles. The fourth-order valence-electron chi connectivity index (χ4n) is 2.26. The first-order valence-electron chi connectivity index (χ1n) is 6.69. The van der Waals surface area contributed by atoms with E-state index in [2.05, 4.69) is 24.2 Å². The van der Waals surface area contributed by atoms with Crippen molar-refractivity contribution >= 4 is 0 Å². The van der Waals surface area contributed by atoms with E-state index in [9.17, 15) is 0 Å². The summed E-state index contributed by atoms with van der Waals surface area (Å²) in [6.45, 7) is 5.39. The van der Waals surface area contributed by atoms with Gasteiger partial charge < -0.3 is 15.0 Å². The van der Waals surface area contributed by atoms with Gasteiger partial charge in [-0.25, -0.2) is 0 Å². The molecule has 0 saturated carbocycles. The quantitative estimate of drug-likeness (QED) is 0.673. The molecule has 0 aromatic heterocycles. The molecule has 1 aliphatic heterocycles. The standard InChI is InChI=1S/C13H28N2O/c1-12(14-2)6-4-5-9-15(3)13-7-10-16-11-8-13/h12-14H,4-11H2,1-3H3. The Labute approximate surface area is 101 Å². The van der Waals surface area contributed by atoms with Crippen molar-refractivity contribution in [3.63, 3.8) is 0 Å². The molecule has 1 fully saturated rings. The third-order valence-electron chi connectivity index (χ3n) is 3.70. The highest BCUT2D eigenvalue weighted by atomic mass is 16.5. The van der Waals surface area contributed by atoms with Gasteiger partial charge in [-0.15, -0.1) is 0 Å². The molecule has 0 radical (unpaired) electrons. The van der Waals surface area contributed by atoms with Crippen LogP contribution in [-0.4, -0.2) is 50.8 Å². The second-order valence-corrected chi connectivity index (χ2v) is 5.01. The van der Waals surface area contributed by atoms with Gasteiger partial charge in [0.25, 0.3) is 0 Å². The van der Waals surface area contributed by atoms with E-state index in [4.69, 9.17) is 4.74 Å². The van der Waals surface area contributed by atoms with Gasteiger partial charge in [0.05, 0.1) is 0 Å². The molecule has 0 aliphatic carbocycles. The summed E-state index contributed by atoms with van der Waals surface area (Å²) < 4.78 is 5.39. The molecule has 96 valence electrons. The van der Waals surface area contributed by atoms with Crippen LogP contribution >= 0.6 is 0 Å². The summed E-state index contributed by atoms with van der Waals surface area (Å²) in [6, 6.07) is 1.42. The lowest BCUT2D eigenvalue weighted by molar-refractivity contribution is 0.0425. The average Bonchev–Trinajstić information content (AvgIpc) is 2.35. The molecule has 1 rings (SSSR count). The summed E-state index contributed by atoms with van der Waals surface area (Å²) in [7, 11) is 4.30. The Morgan fingerprint density at radius 2 is 2.00 bits per heavy atom. The predicted octanol–water partition coefficient (Wildman–Crippen LogP) is 1.88. The molecule has 3 nitrogen and oxygen atoms in total. The number of nitrogens with zero attached hydrogens (tertiary/aromatic N) is 1. The van der Waals surface area contributed by atoms with Gasteiger partial charge in [-0.05, 0) is 53.2 Å². The lowest BCUT2D eigenvalue weighted by Gasteiger charge is -2.31. The predicted molar refractivity (Wildman–Crippen MR) is 68.8 cm³/mol. The average molecular weight is 228 g/mol. The molecule has 0 spiro atoms. The second kappa shape index (κ2) is 8.04. The minimum atomic E-state index is 0.661. The van der Waals surface area contributed by atoms with Crippen LogP contribution < -0.4 is 5.32 Å². The van der Waals surface area contributed by atoms with Crippen LogP contribution in [0.5, 0.6) is 0 Å². The molecule has 3 heteroatoms. The zero-order chi connectivity index (χ0) is 11.8. The van der Waals surface area contributed by atoms with E-state index in [1.165, 1.54) is 38.6 Å². The number of hydrogen-bond donors (Lipinski definition) is 1. The zero-order valence-electron chi connectivity index (χ0n) is 11.2. The monoisotopic (exact) mass is 228 g/mol. The summed E-state index contributed by atoms with van der Waals surface area (Å²) in [4.78, 5) is 2.52. The highest BCUT2D eigenvalue weighted by molar-refractivity contribution is 4.72. The molecule has 1 heterocycles. The molecule has 0 amide bonds. The fourth-order valence-corrected chi connectivity index (χ4v) is 2.26. The Morgan fingerprint density at radius 3 is 2.62 bits per heavy atom. The molecule has 0 aromatic rings. The lowest BCUT2D eigenvalue weighted by atomic mass is 10.1. The van der Waals surface area contributed by atoms with E-state index >= 15 is 0 Å². The maximum absolute atomic E-state index is 5.39. The molecule has 1 unspecified atom stereocenters. The topological polar surface area (TPSA) is 24.5 Å². The Morgan fingerprint density at radius 1 is 1.31 bits per heavy atom. The fraction of sp³-hybridized carbons (Fsp3) is 1.00. The van der Waals surface area contributed by atoms with Gasteiger partial charge in [-0.1, -0.05) is 6.42 Å². The van der Waals surface area contributed by atoms with E-state index in [1.807, 2.05) is 7.05 Å². The molecule has 16 heavy (non-hydrogen) atoms. The van der Waals surface area contributed by atoms with Crippen molar-refractivity contribution in [3.05, 3.63) is 0 Å². The van der Waals surface area contributed by atoms with Crippen LogP contribution in [0.15, 0.2) is 0 Å². The molecule has 0 bridgehead atoms. The SMILES string of the molecule is CNC(C)CCCCN(C)C1CCOCC1. The minimum absolute atomic E-state index is 0.661. The normalized spacial score (nSPS) is 20.2. The number of ether oxygens (including phenoxy) is 1. The number of nitrogens with one attached hydrogen (secondary N) is 1. The summed E-state index contributed by atoms with van der Waals surface area (Å²) >= 11 is 0. The van der Waals surface area contributed by atoms with E-state index < -0.39 is 0 Å². The van der Waals surface area contributed by atoms with E-state index in [-0.39, 0.29) is 0 Å². The van der Waals surface area contributed by atoms with Crippen molar-refractivity contribution < 1.29 is 4.74 Å². The molecular weight excluding hydrogens is 200 g/mol. The number of unbranched alkanes of at least 4 members (excludes halogenated alkanes) is 1. The van der Waals surface area contributed by atoms with Crippen molar-refractivity contribution in [2.45, 2.75) is 51.1 Å². The maximum atomic E-state index is 5.39. The van der Waals surface area contributed by atoms with Gasteiger partial charge in [0.2, 0.25) is 0 Å². The first-order valence-corrected chi connectivity index (χ1v) is 6.69. The lowest BCUT2D eigenvalue weighted by Crippen LogP contribution is -2.37. The number of rotatable bonds is 7. The third-order valence-corrected chi connectivity index (χ3v) is 3.70. The molecule has 0 aromatic carbocycles. The van der Waals surface area contributed by atoms with E-state index in [1.54, 1.807) is 0 Å². The van der Waals surface area contributed by atoms with Gasteiger partial charge >= 0.3 is 0 Å². The van der Waals surface area contributed by atoms with Gasteiger partial charge in [0.15, 0.2) is 0 Å². The molecule has 1 aliphatic rings. The summed E-state index contributed by atoms with van der Waals surface area (Å²) in [6.07, 6.45) is 6.36. The third kappa shape index (κ3) is 5.28. The summed E-state index contributed by atoms with van der Waals surface area (Å²) in [5.41, 5.74) is 0. The summed E-state index contributed by atoms with van der Waals surface area (Å²) in [5, 5.41) is 3.29. The Kier molecular flexibility index (Phi) is 7.01. The van der Waals surface area contributed by atoms with Crippen molar-refractivity contribution in [3.8, 4) is 0 Å². The summed E-state index contributed by atoms with van der Waals surface area (Å²) in [5.74, 6) is 0. The largest absolute Gasteiger partial charge is 0.381 e. The van der Waals surface area contributed by atoms with Gasteiger partial charge in [-0.3, -0.25) is 0 Å². The van der Waals surface area contributed by atoms with Crippen LogP contribution in [0.4, 0.5) is 0 Å². The first-order chi connectivity index (χ1) is 7.74. The first kappa shape index (κ1) is 13.9. The van der Waals surface area contributed by atoms with Crippen molar-refractivity contribution in [1.29, 1.82) is 0 Å². The van der Waals surface area contributed by atoms with Gasteiger partial charge in [0.1, 0.15) is 0 Å². The van der Waals surface area contributed by atoms with Crippen LogP contribution in [0.2, 0.25) is 0 Å².